The summed E-state index contributed by atoms with van der Waals surface area (Å²) in [5, 5.41) is 3.81. The normalized spacial score (nSPS) is 14.6. The van der Waals surface area contributed by atoms with Crippen LogP contribution in [0.5, 0.6) is 0 Å². The molecule has 0 heterocycles. The van der Waals surface area contributed by atoms with Crippen LogP contribution < -0.4 is 0 Å². The summed E-state index contributed by atoms with van der Waals surface area (Å²) in [6.07, 6.45) is 10.6. The number of allylic oxidation sites excluding steroid dienone is 2. The first-order valence-corrected chi connectivity index (χ1v) is 6.76. The smallest absolute Gasteiger partial charge is 0.106 e. The van der Waals surface area contributed by atoms with Crippen molar-refractivity contribution >= 4 is 6.21 Å². The average molecular weight is 239 g/mol. The summed E-state index contributed by atoms with van der Waals surface area (Å²) in [5.41, 5.74) is 1.43. The second-order valence-corrected chi connectivity index (χ2v) is 5.31. The van der Waals surface area contributed by atoms with E-state index >= 15 is 0 Å². The maximum absolute atomic E-state index is 4.68. The van der Waals surface area contributed by atoms with Gasteiger partial charge in [0.1, 0.15) is 7.11 Å². The van der Waals surface area contributed by atoms with Gasteiger partial charge in [-0.1, -0.05) is 43.5 Å². The summed E-state index contributed by atoms with van der Waals surface area (Å²) in [4.78, 5) is 4.68. The van der Waals surface area contributed by atoms with Crippen LogP contribution in [-0.2, 0) is 4.84 Å². The largest absolute Gasteiger partial charge is 0.399 e. The highest BCUT2D eigenvalue weighted by Crippen LogP contribution is 2.17. The standard InChI is InChI=1S/C15H29NO/c1-13(2)8-6-9-14(3)10-7-11-15(4)12-16-17-5/h8,12,14-15H,6-7,9-11H2,1-5H3/b16-12+. The molecule has 0 N–H and O–H groups in total. The molecule has 2 atom stereocenters. The topological polar surface area (TPSA) is 21.6 Å². The zero-order valence-electron chi connectivity index (χ0n) is 12.2. The van der Waals surface area contributed by atoms with Gasteiger partial charge < -0.3 is 4.84 Å². The van der Waals surface area contributed by atoms with E-state index in [0.717, 1.165) is 5.92 Å². The molecule has 0 rings (SSSR count). The minimum atomic E-state index is 0.528. The zero-order chi connectivity index (χ0) is 13.1. The lowest BCUT2D eigenvalue weighted by Crippen LogP contribution is -2.00. The molecule has 0 saturated carbocycles. The molecule has 0 aliphatic carbocycles. The van der Waals surface area contributed by atoms with Crippen LogP contribution in [0.4, 0.5) is 0 Å². The van der Waals surface area contributed by atoms with Gasteiger partial charge in [-0.25, -0.2) is 0 Å². The van der Waals surface area contributed by atoms with Crippen molar-refractivity contribution in [1.82, 2.24) is 0 Å². The third-order valence-corrected chi connectivity index (χ3v) is 2.99. The van der Waals surface area contributed by atoms with Gasteiger partial charge in [0.05, 0.1) is 0 Å². The van der Waals surface area contributed by atoms with Crippen LogP contribution in [0.15, 0.2) is 16.8 Å². The Bertz CT molecular complexity index is 229. The molecule has 17 heavy (non-hydrogen) atoms. The van der Waals surface area contributed by atoms with Crippen LogP contribution in [0.25, 0.3) is 0 Å². The van der Waals surface area contributed by atoms with Gasteiger partial charge >= 0.3 is 0 Å². The van der Waals surface area contributed by atoms with E-state index in [4.69, 9.17) is 0 Å². The van der Waals surface area contributed by atoms with Crippen molar-refractivity contribution in [3.05, 3.63) is 11.6 Å². The highest BCUT2D eigenvalue weighted by molar-refractivity contribution is 5.59. The van der Waals surface area contributed by atoms with Crippen LogP contribution in [0, 0.1) is 11.8 Å². The Labute approximate surface area is 107 Å². The van der Waals surface area contributed by atoms with Crippen molar-refractivity contribution in [2.45, 2.75) is 59.8 Å². The van der Waals surface area contributed by atoms with Gasteiger partial charge in [0.25, 0.3) is 0 Å². The quantitative estimate of drug-likeness (QED) is 0.321. The Kier molecular flexibility index (Phi) is 9.89. The monoisotopic (exact) mass is 239 g/mol. The predicted octanol–water partition coefficient (Wildman–Crippen LogP) is 4.81. The molecule has 0 fully saturated rings. The summed E-state index contributed by atoms with van der Waals surface area (Å²) in [6, 6.07) is 0. The van der Waals surface area contributed by atoms with Gasteiger partial charge in [-0.05, 0) is 44.9 Å². The van der Waals surface area contributed by atoms with Gasteiger partial charge in [0.15, 0.2) is 0 Å². The molecule has 0 saturated heterocycles. The van der Waals surface area contributed by atoms with Gasteiger partial charge in [0, 0.05) is 6.21 Å². The summed E-state index contributed by atoms with van der Waals surface area (Å²) in [6.45, 7) is 8.88. The summed E-state index contributed by atoms with van der Waals surface area (Å²) in [5.74, 6) is 1.36. The van der Waals surface area contributed by atoms with Crippen LogP contribution in [0.2, 0.25) is 0 Å². The summed E-state index contributed by atoms with van der Waals surface area (Å²) in [7, 11) is 1.59. The van der Waals surface area contributed by atoms with Crippen LogP contribution in [0.3, 0.4) is 0 Å². The fourth-order valence-corrected chi connectivity index (χ4v) is 1.83. The molecule has 0 amide bonds. The van der Waals surface area contributed by atoms with E-state index < -0.39 is 0 Å². The summed E-state index contributed by atoms with van der Waals surface area (Å²) < 4.78 is 0. The number of nitrogens with zero attached hydrogens (tertiary/aromatic N) is 1. The second-order valence-electron chi connectivity index (χ2n) is 5.31. The Balaban J connectivity index is 3.53. The molecule has 100 valence electrons. The van der Waals surface area contributed by atoms with Crippen LogP contribution >= 0.6 is 0 Å². The molecule has 0 aromatic rings. The van der Waals surface area contributed by atoms with Crippen molar-refractivity contribution in [1.29, 1.82) is 0 Å². The molecule has 0 spiro atoms. The van der Waals surface area contributed by atoms with Crippen molar-refractivity contribution in [2.75, 3.05) is 7.11 Å². The predicted molar refractivity (Wildman–Crippen MR) is 76.3 cm³/mol. The first-order valence-electron chi connectivity index (χ1n) is 6.76. The maximum Gasteiger partial charge on any atom is 0.106 e. The fraction of sp³-hybridized carbons (Fsp3) is 0.800. The minimum Gasteiger partial charge on any atom is -0.399 e. The number of hydrogen-bond acceptors (Lipinski definition) is 2. The molecule has 0 aromatic carbocycles. The van der Waals surface area contributed by atoms with E-state index in [-0.39, 0.29) is 0 Å². The zero-order valence-corrected chi connectivity index (χ0v) is 12.2. The van der Waals surface area contributed by atoms with E-state index in [0.29, 0.717) is 5.92 Å². The molecule has 2 nitrogen and oxygen atoms in total. The van der Waals surface area contributed by atoms with Gasteiger partial charge in [0.2, 0.25) is 0 Å². The molecule has 0 aliphatic rings. The van der Waals surface area contributed by atoms with Gasteiger partial charge in [-0.15, -0.1) is 0 Å². The maximum atomic E-state index is 4.68. The van der Waals surface area contributed by atoms with E-state index in [1.165, 1.54) is 37.7 Å². The number of hydrogen-bond donors (Lipinski definition) is 0. The third kappa shape index (κ3) is 11.5. The van der Waals surface area contributed by atoms with E-state index in [1.807, 2.05) is 6.21 Å². The Morgan fingerprint density at radius 1 is 1.18 bits per heavy atom. The highest BCUT2D eigenvalue weighted by atomic mass is 16.6. The SMILES string of the molecule is CO/N=C/C(C)CCCC(C)CCC=C(C)C. The van der Waals surface area contributed by atoms with Crippen molar-refractivity contribution in [2.24, 2.45) is 17.0 Å². The molecule has 0 aliphatic heterocycles. The first-order chi connectivity index (χ1) is 8.06. The van der Waals surface area contributed by atoms with E-state index in [2.05, 4.69) is 43.8 Å². The van der Waals surface area contributed by atoms with Crippen LogP contribution in [0.1, 0.15) is 59.8 Å². The lowest BCUT2D eigenvalue weighted by atomic mass is 9.95. The first kappa shape index (κ1) is 16.2. The lowest BCUT2D eigenvalue weighted by Gasteiger charge is -2.11. The second kappa shape index (κ2) is 10.4. The number of oxime groups is 1. The van der Waals surface area contributed by atoms with Crippen molar-refractivity contribution in [3.63, 3.8) is 0 Å². The van der Waals surface area contributed by atoms with Crippen molar-refractivity contribution < 1.29 is 4.84 Å². The molecular weight excluding hydrogens is 210 g/mol. The van der Waals surface area contributed by atoms with E-state index in [9.17, 15) is 0 Å². The van der Waals surface area contributed by atoms with Crippen molar-refractivity contribution in [3.8, 4) is 0 Å². The van der Waals surface area contributed by atoms with E-state index in [1.54, 1.807) is 7.11 Å². The third-order valence-electron chi connectivity index (χ3n) is 2.99. The fourth-order valence-electron chi connectivity index (χ4n) is 1.83. The Morgan fingerprint density at radius 3 is 2.47 bits per heavy atom. The Morgan fingerprint density at radius 2 is 1.88 bits per heavy atom. The van der Waals surface area contributed by atoms with Gasteiger partial charge in [-0.3, -0.25) is 0 Å². The molecule has 0 bridgehead atoms. The highest BCUT2D eigenvalue weighted by Gasteiger charge is 2.03. The molecule has 2 unspecified atom stereocenters. The molecule has 2 heteroatoms. The minimum absolute atomic E-state index is 0.528. The number of rotatable bonds is 9. The Hall–Kier alpha value is -0.790. The van der Waals surface area contributed by atoms with Crippen LogP contribution in [-0.4, -0.2) is 13.3 Å². The van der Waals surface area contributed by atoms with Gasteiger partial charge in [-0.2, -0.15) is 0 Å². The molecule has 0 aromatic heterocycles. The molecule has 0 radical (unpaired) electrons. The lowest BCUT2D eigenvalue weighted by molar-refractivity contribution is 0.213. The summed E-state index contributed by atoms with van der Waals surface area (Å²) >= 11 is 0. The average Bonchev–Trinajstić information content (AvgIpc) is 2.25. The molecular formula is C15H29NO.